The van der Waals surface area contributed by atoms with Crippen LogP contribution in [0.2, 0.25) is 0 Å². The SMILES string of the molecule is CC[C@@H](NC(=O)CNC(=O)Nc1ccccc1)C(=O)O. The number of nitrogens with one attached hydrogen (secondary N) is 3. The summed E-state index contributed by atoms with van der Waals surface area (Å²) >= 11 is 0. The lowest BCUT2D eigenvalue weighted by Crippen LogP contribution is -2.45. The van der Waals surface area contributed by atoms with Crippen LogP contribution >= 0.6 is 0 Å². The van der Waals surface area contributed by atoms with Gasteiger partial charge in [-0.15, -0.1) is 0 Å². The fourth-order valence-corrected chi connectivity index (χ4v) is 1.44. The molecule has 0 radical (unpaired) electrons. The Bertz CT molecular complexity index is 476. The number of hydrogen-bond donors (Lipinski definition) is 4. The molecule has 0 heterocycles. The Morgan fingerprint density at radius 3 is 2.40 bits per heavy atom. The topological polar surface area (TPSA) is 108 Å². The van der Waals surface area contributed by atoms with Gasteiger partial charge in [-0.25, -0.2) is 9.59 Å². The summed E-state index contributed by atoms with van der Waals surface area (Å²) in [5.41, 5.74) is 0.599. The number of carboxylic acid groups (broad SMARTS) is 1. The highest BCUT2D eigenvalue weighted by atomic mass is 16.4. The van der Waals surface area contributed by atoms with Gasteiger partial charge in [0.1, 0.15) is 6.04 Å². The van der Waals surface area contributed by atoms with Gasteiger partial charge in [0.2, 0.25) is 5.91 Å². The molecule has 0 saturated carbocycles. The van der Waals surface area contributed by atoms with E-state index in [1.807, 2.05) is 6.07 Å². The molecule has 0 fully saturated rings. The highest BCUT2D eigenvalue weighted by molar-refractivity contribution is 5.93. The number of aliphatic carboxylic acids is 1. The first-order valence-electron chi connectivity index (χ1n) is 6.15. The van der Waals surface area contributed by atoms with Crippen molar-refractivity contribution in [2.45, 2.75) is 19.4 Å². The van der Waals surface area contributed by atoms with E-state index in [2.05, 4.69) is 16.0 Å². The minimum Gasteiger partial charge on any atom is -0.480 e. The first-order valence-corrected chi connectivity index (χ1v) is 6.15. The summed E-state index contributed by atoms with van der Waals surface area (Å²) in [5.74, 6) is -1.66. The number of urea groups is 1. The van der Waals surface area contributed by atoms with Gasteiger partial charge >= 0.3 is 12.0 Å². The van der Waals surface area contributed by atoms with Crippen LogP contribution in [0.25, 0.3) is 0 Å². The van der Waals surface area contributed by atoms with Gasteiger partial charge in [-0.3, -0.25) is 4.79 Å². The zero-order chi connectivity index (χ0) is 15.0. The molecule has 0 aliphatic rings. The van der Waals surface area contributed by atoms with Gasteiger partial charge in [-0.05, 0) is 18.6 Å². The average Bonchev–Trinajstić information content (AvgIpc) is 2.43. The van der Waals surface area contributed by atoms with E-state index in [0.29, 0.717) is 5.69 Å². The fourth-order valence-electron chi connectivity index (χ4n) is 1.44. The zero-order valence-corrected chi connectivity index (χ0v) is 11.1. The lowest BCUT2D eigenvalue weighted by atomic mass is 10.2. The third-order valence-electron chi connectivity index (χ3n) is 2.48. The number of carbonyl (C=O) groups excluding carboxylic acids is 2. The molecule has 1 aromatic rings. The van der Waals surface area contributed by atoms with E-state index < -0.39 is 23.9 Å². The molecule has 3 amide bonds. The van der Waals surface area contributed by atoms with Crippen molar-refractivity contribution in [2.24, 2.45) is 0 Å². The minimum atomic E-state index is -1.10. The van der Waals surface area contributed by atoms with Gasteiger partial charge in [0.05, 0.1) is 6.54 Å². The van der Waals surface area contributed by atoms with Crippen LogP contribution in [0.5, 0.6) is 0 Å². The number of hydrogen-bond acceptors (Lipinski definition) is 3. The summed E-state index contributed by atoms with van der Waals surface area (Å²) in [4.78, 5) is 33.7. The van der Waals surface area contributed by atoms with Crippen molar-refractivity contribution < 1.29 is 19.5 Å². The Balaban J connectivity index is 2.34. The number of carbonyl (C=O) groups is 3. The Morgan fingerprint density at radius 2 is 1.85 bits per heavy atom. The van der Waals surface area contributed by atoms with Gasteiger partial charge in [0.25, 0.3) is 0 Å². The van der Waals surface area contributed by atoms with Crippen LogP contribution in [0.1, 0.15) is 13.3 Å². The third-order valence-corrected chi connectivity index (χ3v) is 2.48. The summed E-state index contributed by atoms with van der Waals surface area (Å²) in [6.45, 7) is 1.36. The molecular formula is C13H17N3O4. The first kappa shape index (κ1) is 15.5. The Morgan fingerprint density at radius 1 is 1.20 bits per heavy atom. The largest absolute Gasteiger partial charge is 0.480 e. The first-order chi connectivity index (χ1) is 9.52. The van der Waals surface area contributed by atoms with Crippen LogP contribution in [-0.2, 0) is 9.59 Å². The average molecular weight is 279 g/mol. The van der Waals surface area contributed by atoms with Crippen molar-refractivity contribution >= 4 is 23.6 Å². The second kappa shape index (κ2) is 7.78. The standard InChI is InChI=1S/C13H17N3O4/c1-2-10(12(18)19)16-11(17)8-14-13(20)15-9-6-4-3-5-7-9/h3-7,10H,2,8H2,1H3,(H,16,17)(H,18,19)(H2,14,15,20)/t10-/m1/s1. The summed E-state index contributed by atoms with van der Waals surface area (Å²) in [7, 11) is 0. The second-order valence-electron chi connectivity index (χ2n) is 4.04. The number of benzene rings is 1. The molecule has 0 saturated heterocycles. The molecule has 4 N–H and O–H groups in total. The van der Waals surface area contributed by atoms with E-state index >= 15 is 0 Å². The number of para-hydroxylation sites is 1. The van der Waals surface area contributed by atoms with E-state index in [4.69, 9.17) is 5.11 Å². The van der Waals surface area contributed by atoms with Crippen molar-refractivity contribution in [3.05, 3.63) is 30.3 Å². The lowest BCUT2D eigenvalue weighted by Gasteiger charge is -2.12. The molecule has 7 heteroatoms. The molecule has 0 aliphatic heterocycles. The van der Waals surface area contributed by atoms with Crippen LogP contribution < -0.4 is 16.0 Å². The van der Waals surface area contributed by atoms with Crippen LogP contribution in [0.3, 0.4) is 0 Å². The molecule has 20 heavy (non-hydrogen) atoms. The van der Waals surface area contributed by atoms with Gasteiger partial charge in [0, 0.05) is 5.69 Å². The van der Waals surface area contributed by atoms with E-state index in [1.165, 1.54) is 0 Å². The maximum Gasteiger partial charge on any atom is 0.326 e. The van der Waals surface area contributed by atoms with Crippen LogP contribution in [0.15, 0.2) is 30.3 Å². The van der Waals surface area contributed by atoms with Crippen molar-refractivity contribution in [3.8, 4) is 0 Å². The van der Waals surface area contributed by atoms with Crippen molar-refractivity contribution in [1.29, 1.82) is 0 Å². The highest BCUT2D eigenvalue weighted by Crippen LogP contribution is 2.03. The van der Waals surface area contributed by atoms with Crippen molar-refractivity contribution in [3.63, 3.8) is 0 Å². The second-order valence-corrected chi connectivity index (χ2v) is 4.04. The summed E-state index contributed by atoms with van der Waals surface area (Å²) < 4.78 is 0. The maximum absolute atomic E-state index is 11.5. The third kappa shape index (κ3) is 5.38. The molecule has 0 unspecified atom stereocenters. The van der Waals surface area contributed by atoms with Crippen LogP contribution in [0.4, 0.5) is 10.5 Å². The molecular weight excluding hydrogens is 262 g/mol. The summed E-state index contributed by atoms with van der Waals surface area (Å²) in [5, 5.41) is 16.0. The smallest absolute Gasteiger partial charge is 0.326 e. The predicted octanol–water partition coefficient (Wildman–Crippen LogP) is 0.787. The quantitative estimate of drug-likeness (QED) is 0.617. The Labute approximate surface area is 116 Å². The number of rotatable bonds is 6. The summed E-state index contributed by atoms with van der Waals surface area (Å²) in [6, 6.07) is 7.28. The Hall–Kier alpha value is -2.57. The molecule has 0 spiro atoms. The van der Waals surface area contributed by atoms with E-state index in [-0.39, 0.29) is 13.0 Å². The minimum absolute atomic E-state index is 0.275. The summed E-state index contributed by atoms with van der Waals surface area (Å²) in [6.07, 6.45) is 0.275. The monoisotopic (exact) mass is 279 g/mol. The van der Waals surface area contributed by atoms with Gasteiger partial charge in [-0.1, -0.05) is 25.1 Å². The highest BCUT2D eigenvalue weighted by Gasteiger charge is 2.17. The molecule has 0 bridgehead atoms. The van der Waals surface area contributed by atoms with E-state index in [0.717, 1.165) is 0 Å². The number of carboxylic acids is 1. The van der Waals surface area contributed by atoms with Crippen LogP contribution in [-0.4, -0.2) is 35.6 Å². The Kier molecular flexibility index (Phi) is 6.02. The lowest BCUT2D eigenvalue weighted by molar-refractivity contribution is -0.141. The van der Waals surface area contributed by atoms with E-state index in [9.17, 15) is 14.4 Å². The fraction of sp³-hybridized carbons (Fsp3) is 0.308. The van der Waals surface area contributed by atoms with Gasteiger partial charge in [0.15, 0.2) is 0 Å². The molecule has 0 aromatic heterocycles. The predicted molar refractivity (Wildman–Crippen MR) is 73.3 cm³/mol. The molecule has 7 nitrogen and oxygen atoms in total. The normalized spacial score (nSPS) is 11.2. The van der Waals surface area contributed by atoms with Gasteiger partial charge < -0.3 is 21.1 Å². The van der Waals surface area contributed by atoms with Gasteiger partial charge in [-0.2, -0.15) is 0 Å². The molecule has 1 atom stereocenters. The molecule has 0 aliphatic carbocycles. The zero-order valence-electron chi connectivity index (χ0n) is 11.1. The van der Waals surface area contributed by atoms with Crippen LogP contribution in [0, 0.1) is 0 Å². The van der Waals surface area contributed by atoms with Crippen molar-refractivity contribution in [1.82, 2.24) is 10.6 Å². The molecule has 108 valence electrons. The molecule has 1 rings (SSSR count). The number of amides is 3. The van der Waals surface area contributed by atoms with Crippen molar-refractivity contribution in [2.75, 3.05) is 11.9 Å². The number of anilines is 1. The maximum atomic E-state index is 11.5. The van der Waals surface area contributed by atoms with E-state index in [1.54, 1.807) is 31.2 Å². The molecule has 1 aromatic carbocycles.